The lowest BCUT2D eigenvalue weighted by atomic mass is 10.1. The molecule has 1 heterocycles. The van der Waals surface area contributed by atoms with Gasteiger partial charge in [0.25, 0.3) is 0 Å². The molecule has 7 heteroatoms. The van der Waals surface area contributed by atoms with Crippen LogP contribution in [0.5, 0.6) is 0 Å². The number of benzene rings is 2. The van der Waals surface area contributed by atoms with E-state index in [-0.39, 0.29) is 5.91 Å². The zero-order valence-electron chi connectivity index (χ0n) is 19.0. The normalized spacial score (nSPS) is 11.2. The number of rotatable bonds is 11. The van der Waals surface area contributed by atoms with E-state index in [0.29, 0.717) is 17.4 Å². The van der Waals surface area contributed by atoms with Crippen LogP contribution in [0.1, 0.15) is 50.1 Å². The van der Waals surface area contributed by atoms with Gasteiger partial charge in [-0.3, -0.25) is 9.36 Å². The number of halogens is 1. The molecule has 0 bridgehead atoms. The summed E-state index contributed by atoms with van der Waals surface area (Å²) >= 11 is 7.93. The van der Waals surface area contributed by atoms with Crippen molar-refractivity contribution in [3.8, 4) is 5.69 Å². The van der Waals surface area contributed by atoms with Crippen molar-refractivity contribution in [2.75, 3.05) is 6.54 Å². The predicted molar refractivity (Wildman–Crippen MR) is 133 cm³/mol. The Labute approximate surface area is 200 Å². The molecule has 1 amide bonds. The van der Waals surface area contributed by atoms with Crippen LogP contribution in [0.4, 0.5) is 0 Å². The molecule has 0 aliphatic carbocycles. The van der Waals surface area contributed by atoms with Crippen LogP contribution in [0, 0.1) is 12.8 Å². The van der Waals surface area contributed by atoms with Crippen molar-refractivity contribution in [3.63, 3.8) is 0 Å². The van der Waals surface area contributed by atoms with E-state index in [1.807, 2.05) is 24.3 Å². The second-order valence-electron chi connectivity index (χ2n) is 8.39. The minimum absolute atomic E-state index is 0.115. The van der Waals surface area contributed by atoms with Crippen molar-refractivity contribution in [1.29, 1.82) is 0 Å². The summed E-state index contributed by atoms with van der Waals surface area (Å²) in [7, 11) is 0. The van der Waals surface area contributed by atoms with Crippen molar-refractivity contribution >= 4 is 29.3 Å². The summed E-state index contributed by atoms with van der Waals surface area (Å²) in [5, 5.41) is 13.4. The second-order valence-corrected chi connectivity index (χ2v) is 9.77. The van der Waals surface area contributed by atoms with Crippen molar-refractivity contribution in [3.05, 3.63) is 70.5 Å². The van der Waals surface area contributed by atoms with Crippen LogP contribution in [-0.2, 0) is 17.0 Å². The summed E-state index contributed by atoms with van der Waals surface area (Å²) in [5.41, 5.74) is 3.45. The average molecular weight is 471 g/mol. The lowest BCUT2D eigenvalue weighted by molar-refractivity contribution is -0.121. The minimum atomic E-state index is 0.115. The molecule has 1 N–H and O–H groups in total. The smallest absolute Gasteiger partial charge is 0.220 e. The molecule has 0 spiro atoms. The van der Waals surface area contributed by atoms with E-state index in [1.54, 1.807) is 11.8 Å². The van der Waals surface area contributed by atoms with E-state index in [4.69, 9.17) is 11.6 Å². The third-order valence-electron chi connectivity index (χ3n) is 5.02. The van der Waals surface area contributed by atoms with Gasteiger partial charge in [-0.05, 0) is 49.4 Å². The number of aryl methyl sites for hydroxylation is 2. The molecule has 0 unspecified atom stereocenters. The molecular weight excluding hydrogens is 440 g/mol. The second kappa shape index (κ2) is 12.1. The molecule has 1 aromatic heterocycles. The van der Waals surface area contributed by atoms with Crippen LogP contribution in [0.15, 0.2) is 53.7 Å². The quantitative estimate of drug-likeness (QED) is 0.275. The monoisotopic (exact) mass is 470 g/mol. The standard InChI is InChI=1S/C25H31ClN4OS/c1-18(2)16-27-24(31)10-5-4-9-23-28-29-25(30(23)22-8-6-7-21(26)15-22)32-17-20-13-11-19(3)12-14-20/h6-8,11-15,18H,4-5,9-10,16-17H2,1-3H3,(H,27,31). The number of hydrogen-bond acceptors (Lipinski definition) is 4. The Balaban J connectivity index is 1.67. The Kier molecular flexibility index (Phi) is 9.18. The Hall–Kier alpha value is -2.31. The van der Waals surface area contributed by atoms with Crippen molar-refractivity contribution < 1.29 is 4.79 Å². The first-order valence-electron chi connectivity index (χ1n) is 11.1. The molecule has 0 fully saturated rings. The molecule has 3 rings (SSSR count). The number of unbranched alkanes of at least 4 members (excludes halogenated alkanes) is 1. The molecule has 2 aromatic carbocycles. The van der Waals surface area contributed by atoms with Gasteiger partial charge in [0.1, 0.15) is 5.82 Å². The van der Waals surface area contributed by atoms with Gasteiger partial charge in [0.15, 0.2) is 5.16 Å². The largest absolute Gasteiger partial charge is 0.356 e. The zero-order chi connectivity index (χ0) is 22.9. The van der Waals surface area contributed by atoms with Gasteiger partial charge < -0.3 is 5.32 Å². The van der Waals surface area contributed by atoms with Crippen LogP contribution in [0.25, 0.3) is 5.69 Å². The van der Waals surface area contributed by atoms with Crippen LogP contribution in [0.3, 0.4) is 0 Å². The molecule has 3 aromatic rings. The Morgan fingerprint density at radius 3 is 2.62 bits per heavy atom. The molecule has 5 nitrogen and oxygen atoms in total. The van der Waals surface area contributed by atoms with E-state index < -0.39 is 0 Å². The first-order chi connectivity index (χ1) is 15.4. The molecular formula is C25H31ClN4OS. The fourth-order valence-corrected chi connectivity index (χ4v) is 4.35. The van der Waals surface area contributed by atoms with Crippen molar-refractivity contribution in [2.24, 2.45) is 5.92 Å². The lowest BCUT2D eigenvalue weighted by Crippen LogP contribution is -2.26. The number of carbonyl (C=O) groups excluding carboxylic acids is 1. The molecule has 170 valence electrons. The lowest BCUT2D eigenvalue weighted by Gasteiger charge is -2.11. The molecule has 32 heavy (non-hydrogen) atoms. The fraction of sp³-hybridized carbons (Fsp3) is 0.400. The maximum atomic E-state index is 12.0. The number of amides is 1. The van der Waals surface area contributed by atoms with Crippen LogP contribution < -0.4 is 5.32 Å². The highest BCUT2D eigenvalue weighted by atomic mass is 35.5. The molecule has 0 saturated heterocycles. The van der Waals surface area contributed by atoms with Crippen LogP contribution in [-0.4, -0.2) is 27.2 Å². The first-order valence-corrected chi connectivity index (χ1v) is 12.4. The highest BCUT2D eigenvalue weighted by Crippen LogP contribution is 2.27. The van der Waals surface area contributed by atoms with Gasteiger partial charge in [-0.2, -0.15) is 0 Å². The summed E-state index contributed by atoms with van der Waals surface area (Å²) in [5.74, 6) is 2.28. The number of nitrogens with one attached hydrogen (secondary N) is 1. The van der Waals surface area contributed by atoms with Gasteiger partial charge in [0, 0.05) is 30.2 Å². The molecule has 0 aliphatic rings. The van der Waals surface area contributed by atoms with Gasteiger partial charge in [0.05, 0.1) is 5.69 Å². The Morgan fingerprint density at radius 1 is 1.12 bits per heavy atom. The van der Waals surface area contributed by atoms with Crippen molar-refractivity contribution in [1.82, 2.24) is 20.1 Å². The summed E-state index contributed by atoms with van der Waals surface area (Å²) < 4.78 is 2.09. The van der Waals surface area contributed by atoms with Gasteiger partial charge in [0.2, 0.25) is 5.91 Å². The molecule has 0 radical (unpaired) electrons. The molecule has 0 atom stereocenters. The number of aromatic nitrogens is 3. The molecule has 0 aliphatic heterocycles. The summed E-state index contributed by atoms with van der Waals surface area (Å²) in [6.45, 7) is 7.01. The Bertz CT molecular complexity index is 1020. The van der Waals surface area contributed by atoms with Gasteiger partial charge >= 0.3 is 0 Å². The van der Waals surface area contributed by atoms with Gasteiger partial charge in [-0.1, -0.05) is 73.1 Å². The maximum Gasteiger partial charge on any atom is 0.220 e. The van der Waals surface area contributed by atoms with E-state index in [2.05, 4.69) is 65.1 Å². The highest BCUT2D eigenvalue weighted by Gasteiger charge is 2.15. The third kappa shape index (κ3) is 7.38. The minimum Gasteiger partial charge on any atom is -0.356 e. The average Bonchev–Trinajstić information content (AvgIpc) is 3.17. The zero-order valence-corrected chi connectivity index (χ0v) is 20.5. The SMILES string of the molecule is Cc1ccc(CSc2nnc(CCCCC(=O)NCC(C)C)n2-c2cccc(Cl)c2)cc1. The van der Waals surface area contributed by atoms with Crippen LogP contribution in [0.2, 0.25) is 5.02 Å². The Morgan fingerprint density at radius 2 is 1.91 bits per heavy atom. The maximum absolute atomic E-state index is 12.0. The van der Waals surface area contributed by atoms with Crippen molar-refractivity contribution in [2.45, 2.75) is 57.4 Å². The topological polar surface area (TPSA) is 59.8 Å². The number of carbonyl (C=O) groups is 1. The van der Waals surface area contributed by atoms with E-state index in [0.717, 1.165) is 48.2 Å². The summed E-state index contributed by atoms with van der Waals surface area (Å²) in [4.78, 5) is 12.0. The van der Waals surface area contributed by atoms with Crippen LogP contribution >= 0.6 is 23.4 Å². The number of hydrogen-bond donors (Lipinski definition) is 1. The highest BCUT2D eigenvalue weighted by molar-refractivity contribution is 7.98. The van der Waals surface area contributed by atoms with Gasteiger partial charge in [-0.15, -0.1) is 10.2 Å². The van der Waals surface area contributed by atoms with Gasteiger partial charge in [-0.25, -0.2) is 0 Å². The summed E-state index contributed by atoms with van der Waals surface area (Å²) in [6.07, 6.45) is 2.98. The number of thioether (sulfide) groups is 1. The predicted octanol–water partition coefficient (Wildman–Crippen LogP) is 6.01. The fourth-order valence-electron chi connectivity index (χ4n) is 3.24. The van der Waals surface area contributed by atoms with E-state index in [1.165, 1.54) is 11.1 Å². The van der Waals surface area contributed by atoms with E-state index in [9.17, 15) is 4.79 Å². The third-order valence-corrected chi connectivity index (χ3v) is 6.25. The first kappa shape index (κ1) is 24.3. The van der Waals surface area contributed by atoms with E-state index >= 15 is 0 Å². The summed E-state index contributed by atoms with van der Waals surface area (Å²) in [6, 6.07) is 16.3. The molecule has 0 saturated carbocycles. The number of nitrogens with zero attached hydrogens (tertiary/aromatic N) is 3.